The predicted octanol–water partition coefficient (Wildman–Crippen LogP) is 2.46. The molecule has 1 amide bonds. The van der Waals surface area contributed by atoms with Crippen molar-refractivity contribution >= 4 is 5.91 Å². The summed E-state index contributed by atoms with van der Waals surface area (Å²) < 4.78 is 12.9. The van der Waals surface area contributed by atoms with E-state index in [9.17, 15) is 14.3 Å². The lowest BCUT2D eigenvalue weighted by molar-refractivity contribution is -0.127. The fourth-order valence-corrected chi connectivity index (χ4v) is 3.95. The molecule has 2 atom stereocenters. The van der Waals surface area contributed by atoms with Crippen LogP contribution >= 0.6 is 0 Å². The number of benzene rings is 1. The highest BCUT2D eigenvalue weighted by molar-refractivity contribution is 5.78. The van der Waals surface area contributed by atoms with Gasteiger partial charge in [0, 0.05) is 18.5 Å². The molecule has 2 N–H and O–H groups in total. The lowest BCUT2D eigenvalue weighted by Crippen LogP contribution is -2.50. The lowest BCUT2D eigenvalue weighted by atomic mass is 9.88. The van der Waals surface area contributed by atoms with Crippen molar-refractivity contribution in [1.82, 2.24) is 10.2 Å². The van der Waals surface area contributed by atoms with E-state index >= 15 is 0 Å². The summed E-state index contributed by atoms with van der Waals surface area (Å²) in [6, 6.07) is 6.50. The van der Waals surface area contributed by atoms with Crippen molar-refractivity contribution in [3.05, 3.63) is 35.6 Å². The molecular formula is C19H27FN2O2. The molecule has 132 valence electrons. The van der Waals surface area contributed by atoms with E-state index in [4.69, 9.17) is 0 Å². The minimum absolute atomic E-state index is 0.0439. The van der Waals surface area contributed by atoms with E-state index in [1.54, 1.807) is 12.1 Å². The van der Waals surface area contributed by atoms with Gasteiger partial charge in [-0.2, -0.15) is 0 Å². The molecule has 2 fully saturated rings. The normalized spacial score (nSPS) is 26.2. The molecule has 1 heterocycles. The molecule has 1 aromatic rings. The van der Waals surface area contributed by atoms with Crippen LogP contribution in [0.5, 0.6) is 0 Å². The molecule has 2 aliphatic rings. The number of halogens is 1. The number of hydrogen-bond donors (Lipinski definition) is 2. The fraction of sp³-hybridized carbons (Fsp3) is 0.632. The van der Waals surface area contributed by atoms with Crippen molar-refractivity contribution in [2.45, 2.75) is 57.2 Å². The first-order valence-corrected chi connectivity index (χ1v) is 9.08. The summed E-state index contributed by atoms with van der Waals surface area (Å²) in [7, 11) is 0. The number of likely N-dealkylation sites (tertiary alicyclic amines) is 1. The first kappa shape index (κ1) is 17.4. The van der Waals surface area contributed by atoms with Crippen LogP contribution in [0.3, 0.4) is 0 Å². The largest absolute Gasteiger partial charge is 0.391 e. The van der Waals surface area contributed by atoms with Crippen LogP contribution in [0.15, 0.2) is 24.3 Å². The Morgan fingerprint density at radius 2 is 1.79 bits per heavy atom. The minimum atomic E-state index is -0.262. The van der Waals surface area contributed by atoms with Gasteiger partial charge in [-0.15, -0.1) is 0 Å². The molecule has 0 radical (unpaired) electrons. The van der Waals surface area contributed by atoms with Crippen LogP contribution < -0.4 is 5.32 Å². The Labute approximate surface area is 143 Å². The Kier molecular flexibility index (Phi) is 5.85. The molecule has 3 rings (SSSR count). The van der Waals surface area contributed by atoms with Gasteiger partial charge in [0.2, 0.25) is 5.91 Å². The van der Waals surface area contributed by atoms with Gasteiger partial charge in [0.05, 0.1) is 6.10 Å². The number of aliphatic hydroxyl groups is 1. The number of rotatable bonds is 4. The summed E-state index contributed by atoms with van der Waals surface area (Å²) in [6.07, 6.45) is 5.78. The van der Waals surface area contributed by atoms with Crippen LogP contribution in [-0.2, 0) is 11.3 Å². The van der Waals surface area contributed by atoms with Crippen molar-refractivity contribution in [1.29, 1.82) is 0 Å². The van der Waals surface area contributed by atoms with E-state index in [-0.39, 0.29) is 29.8 Å². The highest BCUT2D eigenvalue weighted by Gasteiger charge is 2.33. The Morgan fingerprint density at radius 3 is 2.46 bits per heavy atom. The number of carbonyl (C=O) groups is 1. The lowest BCUT2D eigenvalue weighted by Gasteiger charge is -2.41. The second-order valence-electron chi connectivity index (χ2n) is 7.07. The first-order chi connectivity index (χ1) is 11.6. The average Bonchev–Trinajstić information content (AvgIpc) is 2.61. The van der Waals surface area contributed by atoms with Crippen LogP contribution in [0, 0.1) is 11.7 Å². The van der Waals surface area contributed by atoms with E-state index in [0.29, 0.717) is 6.54 Å². The highest BCUT2D eigenvalue weighted by Crippen LogP contribution is 2.27. The average molecular weight is 334 g/mol. The van der Waals surface area contributed by atoms with Crippen molar-refractivity contribution in [2.24, 2.45) is 5.92 Å². The predicted molar refractivity (Wildman–Crippen MR) is 90.8 cm³/mol. The van der Waals surface area contributed by atoms with Crippen molar-refractivity contribution in [3.8, 4) is 0 Å². The molecule has 0 spiro atoms. The van der Waals surface area contributed by atoms with Gasteiger partial charge >= 0.3 is 0 Å². The van der Waals surface area contributed by atoms with Gasteiger partial charge in [-0.3, -0.25) is 9.69 Å². The van der Waals surface area contributed by atoms with Crippen molar-refractivity contribution in [3.63, 3.8) is 0 Å². The molecule has 0 bridgehead atoms. The summed E-state index contributed by atoms with van der Waals surface area (Å²) in [5, 5.41) is 13.1. The second kappa shape index (κ2) is 8.08. The van der Waals surface area contributed by atoms with Gasteiger partial charge in [-0.25, -0.2) is 4.39 Å². The van der Waals surface area contributed by atoms with Gasteiger partial charge in [0.25, 0.3) is 0 Å². The van der Waals surface area contributed by atoms with Crippen molar-refractivity contribution < 1.29 is 14.3 Å². The van der Waals surface area contributed by atoms with E-state index in [0.717, 1.165) is 50.8 Å². The maximum absolute atomic E-state index is 12.9. The fourth-order valence-electron chi connectivity index (χ4n) is 3.95. The molecule has 1 aliphatic heterocycles. The van der Waals surface area contributed by atoms with Crippen LogP contribution in [0.4, 0.5) is 4.39 Å². The summed E-state index contributed by atoms with van der Waals surface area (Å²) in [6.45, 7) is 2.22. The third-order valence-corrected chi connectivity index (χ3v) is 5.44. The third-order valence-electron chi connectivity index (χ3n) is 5.44. The van der Waals surface area contributed by atoms with E-state index in [1.807, 2.05) is 0 Å². The first-order valence-electron chi connectivity index (χ1n) is 9.08. The Hall–Kier alpha value is -1.46. The molecule has 1 saturated heterocycles. The molecule has 5 heteroatoms. The third kappa shape index (κ3) is 4.33. The zero-order valence-electron chi connectivity index (χ0n) is 14.1. The maximum atomic E-state index is 12.9. The minimum Gasteiger partial charge on any atom is -0.391 e. The number of aliphatic hydroxyl groups excluding tert-OH is 1. The molecule has 4 nitrogen and oxygen atoms in total. The van der Waals surface area contributed by atoms with Gasteiger partial charge in [0.15, 0.2) is 0 Å². The number of amides is 1. The second-order valence-corrected chi connectivity index (χ2v) is 7.07. The topological polar surface area (TPSA) is 52.6 Å². The van der Waals surface area contributed by atoms with Gasteiger partial charge in [-0.05, 0) is 56.5 Å². The van der Waals surface area contributed by atoms with Gasteiger partial charge < -0.3 is 10.4 Å². The number of nitrogens with zero attached hydrogens (tertiary/aromatic N) is 1. The SMILES string of the molecule is O=C(NCc1ccc(F)cc1)C1CCN(C2CCCCC2O)CC1. The Balaban J connectivity index is 1.44. The van der Waals surface area contributed by atoms with Crippen LogP contribution in [0.1, 0.15) is 44.1 Å². The summed E-state index contributed by atoms with van der Waals surface area (Å²) >= 11 is 0. The molecule has 1 saturated carbocycles. The number of carbonyl (C=O) groups excluding carboxylic acids is 1. The number of piperidine rings is 1. The van der Waals surface area contributed by atoms with E-state index < -0.39 is 0 Å². The van der Waals surface area contributed by atoms with Gasteiger partial charge in [-0.1, -0.05) is 25.0 Å². The van der Waals surface area contributed by atoms with Crippen LogP contribution in [-0.4, -0.2) is 41.1 Å². The zero-order chi connectivity index (χ0) is 16.9. The monoisotopic (exact) mass is 334 g/mol. The smallest absolute Gasteiger partial charge is 0.223 e. The van der Waals surface area contributed by atoms with Crippen LogP contribution in [0.2, 0.25) is 0 Å². The highest BCUT2D eigenvalue weighted by atomic mass is 19.1. The number of hydrogen-bond acceptors (Lipinski definition) is 3. The zero-order valence-corrected chi connectivity index (χ0v) is 14.1. The summed E-state index contributed by atoms with van der Waals surface area (Å²) in [4.78, 5) is 14.7. The molecule has 1 aromatic carbocycles. The molecule has 2 unspecified atom stereocenters. The number of nitrogens with one attached hydrogen (secondary N) is 1. The van der Waals surface area contributed by atoms with E-state index in [1.165, 1.54) is 18.6 Å². The Morgan fingerprint density at radius 1 is 1.12 bits per heavy atom. The van der Waals surface area contributed by atoms with Crippen LogP contribution in [0.25, 0.3) is 0 Å². The standard InChI is InChI=1S/C19H27FN2O2/c20-16-7-5-14(6-8-16)13-21-19(24)15-9-11-22(12-10-15)17-3-1-2-4-18(17)23/h5-8,15,17-18,23H,1-4,9-13H2,(H,21,24). The quantitative estimate of drug-likeness (QED) is 0.889. The van der Waals surface area contributed by atoms with E-state index in [2.05, 4.69) is 10.2 Å². The molecular weight excluding hydrogens is 307 g/mol. The molecule has 1 aliphatic carbocycles. The molecule has 0 aromatic heterocycles. The summed E-state index contributed by atoms with van der Waals surface area (Å²) in [5.41, 5.74) is 0.910. The van der Waals surface area contributed by atoms with Crippen molar-refractivity contribution in [2.75, 3.05) is 13.1 Å². The molecule has 24 heavy (non-hydrogen) atoms. The van der Waals surface area contributed by atoms with Gasteiger partial charge in [0.1, 0.15) is 5.82 Å². The summed E-state index contributed by atoms with van der Waals surface area (Å²) in [5.74, 6) is -0.132. The maximum Gasteiger partial charge on any atom is 0.223 e. The Bertz CT molecular complexity index is 541.